The van der Waals surface area contributed by atoms with Crippen LogP contribution in [0.4, 0.5) is 15.0 Å². The molecule has 1 saturated heterocycles. The molecule has 2 aliphatic carbocycles. The van der Waals surface area contributed by atoms with E-state index >= 15 is 0 Å². The van der Waals surface area contributed by atoms with Crippen molar-refractivity contribution < 1.29 is 9.18 Å². The number of nitrogens with zero attached hydrogens (tertiary/aromatic N) is 5. The minimum Gasteiger partial charge on any atom is -0.316 e. The van der Waals surface area contributed by atoms with E-state index in [-0.39, 0.29) is 22.9 Å². The number of pyridine rings is 1. The van der Waals surface area contributed by atoms with E-state index in [1.807, 2.05) is 27.1 Å². The lowest BCUT2D eigenvalue weighted by atomic mass is 9.58. The third-order valence-electron chi connectivity index (χ3n) is 7.52. The van der Waals surface area contributed by atoms with Gasteiger partial charge in [-0.05, 0) is 81.9 Å². The van der Waals surface area contributed by atoms with Gasteiger partial charge in [0.1, 0.15) is 17.7 Å². The van der Waals surface area contributed by atoms with Crippen LogP contribution in [0.15, 0.2) is 36.5 Å². The van der Waals surface area contributed by atoms with E-state index in [4.69, 9.17) is 0 Å². The van der Waals surface area contributed by atoms with Gasteiger partial charge in [-0.1, -0.05) is 12.1 Å². The SMILES string of the molecule is Cc1cc(C#N)cnc1N1CC2(CC(c3cccc(F)c3)(N(C)C)C2)N(CC2CC2)C1=O. The number of carbonyl (C=O) groups is 1. The number of rotatable bonds is 5. The molecule has 3 fully saturated rings. The number of aromatic nitrogens is 1. The van der Waals surface area contributed by atoms with Gasteiger partial charge in [-0.2, -0.15) is 5.26 Å². The average molecular weight is 434 g/mol. The zero-order valence-electron chi connectivity index (χ0n) is 18.8. The quantitative estimate of drug-likeness (QED) is 0.714. The van der Waals surface area contributed by atoms with E-state index in [1.54, 1.807) is 23.1 Å². The molecular formula is C25H28FN5O. The van der Waals surface area contributed by atoms with Crippen molar-refractivity contribution in [2.75, 3.05) is 32.1 Å². The molecule has 0 unspecified atom stereocenters. The van der Waals surface area contributed by atoms with Crippen molar-refractivity contribution in [3.63, 3.8) is 0 Å². The normalized spacial score (nSPS) is 27.2. The molecule has 0 atom stereocenters. The second-order valence-corrected chi connectivity index (χ2v) is 9.91. The maximum atomic E-state index is 14.1. The number of hydrogen-bond acceptors (Lipinski definition) is 4. The Morgan fingerprint density at radius 1 is 1.28 bits per heavy atom. The van der Waals surface area contributed by atoms with Gasteiger partial charge < -0.3 is 4.90 Å². The first-order chi connectivity index (χ1) is 15.3. The smallest absolute Gasteiger partial charge is 0.316 e. The van der Waals surface area contributed by atoms with Crippen LogP contribution >= 0.6 is 0 Å². The van der Waals surface area contributed by atoms with Crippen molar-refractivity contribution in [3.8, 4) is 6.07 Å². The van der Waals surface area contributed by atoms with Gasteiger partial charge in [0.2, 0.25) is 0 Å². The molecule has 5 rings (SSSR count). The summed E-state index contributed by atoms with van der Waals surface area (Å²) in [7, 11) is 4.06. The molecule has 2 amide bonds. The molecule has 0 radical (unpaired) electrons. The Morgan fingerprint density at radius 3 is 2.62 bits per heavy atom. The lowest BCUT2D eigenvalue weighted by molar-refractivity contribution is -0.0681. The lowest BCUT2D eigenvalue weighted by Crippen LogP contribution is -2.67. The summed E-state index contributed by atoms with van der Waals surface area (Å²) in [6.45, 7) is 3.21. The third kappa shape index (κ3) is 3.17. The fourth-order valence-corrected chi connectivity index (χ4v) is 5.60. The number of amides is 2. The first kappa shape index (κ1) is 20.9. The molecule has 0 N–H and O–H groups in total. The van der Waals surface area contributed by atoms with Gasteiger partial charge in [0.15, 0.2) is 0 Å². The van der Waals surface area contributed by atoms with Crippen molar-refractivity contribution in [3.05, 3.63) is 59.0 Å². The van der Waals surface area contributed by atoms with Crippen LogP contribution in [-0.4, -0.2) is 53.5 Å². The van der Waals surface area contributed by atoms with Gasteiger partial charge in [-0.25, -0.2) is 14.2 Å². The molecule has 1 aromatic heterocycles. The summed E-state index contributed by atoms with van der Waals surface area (Å²) in [5.74, 6) is 0.954. The summed E-state index contributed by atoms with van der Waals surface area (Å²) < 4.78 is 14.1. The fraction of sp³-hybridized carbons (Fsp3) is 0.480. The predicted molar refractivity (Wildman–Crippen MR) is 120 cm³/mol. The average Bonchev–Trinajstić information content (AvgIpc) is 3.51. The molecule has 1 aromatic carbocycles. The Morgan fingerprint density at radius 2 is 2.03 bits per heavy atom. The van der Waals surface area contributed by atoms with Crippen molar-refractivity contribution in [2.24, 2.45) is 5.92 Å². The largest absolute Gasteiger partial charge is 0.326 e. The van der Waals surface area contributed by atoms with Crippen LogP contribution in [0.25, 0.3) is 0 Å². The number of anilines is 1. The number of aryl methyl sites for hydroxylation is 1. The van der Waals surface area contributed by atoms with E-state index in [2.05, 4.69) is 20.9 Å². The Kier molecular flexibility index (Phi) is 4.75. The summed E-state index contributed by atoms with van der Waals surface area (Å²) in [5.41, 5.74) is 1.65. The molecular weight excluding hydrogens is 405 g/mol. The van der Waals surface area contributed by atoms with Crippen LogP contribution in [0.1, 0.15) is 42.4 Å². The molecule has 2 heterocycles. The standard InChI is InChI=1S/C25H28FN5O/c1-17-9-19(11-27)12-28-22(17)30-16-24(31(23(30)32)13-18-7-8-18)14-25(15-24,29(2)3)20-5-4-6-21(26)10-20/h4-6,9-10,12,18H,7-8,13-16H2,1-3H3. The van der Waals surface area contributed by atoms with E-state index in [0.717, 1.165) is 43.4 Å². The summed E-state index contributed by atoms with van der Waals surface area (Å²) in [6, 6.07) is 10.7. The van der Waals surface area contributed by atoms with Crippen LogP contribution in [0.5, 0.6) is 0 Å². The summed E-state index contributed by atoms with van der Waals surface area (Å²) in [4.78, 5) is 24.1. The highest BCUT2D eigenvalue weighted by atomic mass is 19.1. The second kappa shape index (κ2) is 7.28. The number of benzene rings is 1. The molecule has 0 bridgehead atoms. The molecule has 1 spiro atoms. The maximum absolute atomic E-state index is 14.1. The van der Waals surface area contributed by atoms with Gasteiger partial charge in [0, 0.05) is 12.7 Å². The van der Waals surface area contributed by atoms with Gasteiger partial charge in [-0.15, -0.1) is 0 Å². The Balaban J connectivity index is 1.50. The topological polar surface area (TPSA) is 63.5 Å². The molecule has 3 aliphatic rings. The molecule has 6 nitrogen and oxygen atoms in total. The highest BCUT2D eigenvalue weighted by molar-refractivity contribution is 5.95. The van der Waals surface area contributed by atoms with Gasteiger partial charge in [-0.3, -0.25) is 9.80 Å². The van der Waals surface area contributed by atoms with Gasteiger partial charge >= 0.3 is 6.03 Å². The number of carbonyl (C=O) groups excluding carboxylic acids is 1. The van der Waals surface area contributed by atoms with Gasteiger partial charge in [0.25, 0.3) is 0 Å². The number of hydrogen-bond donors (Lipinski definition) is 0. The predicted octanol–water partition coefficient (Wildman–Crippen LogP) is 4.04. The number of nitriles is 1. The fourth-order valence-electron chi connectivity index (χ4n) is 5.60. The number of urea groups is 1. The highest BCUT2D eigenvalue weighted by Crippen LogP contribution is 2.57. The Labute approximate surface area is 188 Å². The summed E-state index contributed by atoms with van der Waals surface area (Å²) in [6.07, 6.45) is 5.36. The van der Waals surface area contributed by atoms with Crippen LogP contribution in [0, 0.1) is 30.0 Å². The first-order valence-corrected chi connectivity index (χ1v) is 11.2. The van der Waals surface area contributed by atoms with E-state index < -0.39 is 0 Å². The Bertz CT molecular complexity index is 1110. The molecule has 7 heteroatoms. The van der Waals surface area contributed by atoms with Crippen molar-refractivity contribution >= 4 is 11.8 Å². The molecule has 1 aliphatic heterocycles. The zero-order chi connectivity index (χ0) is 22.7. The molecule has 32 heavy (non-hydrogen) atoms. The van der Waals surface area contributed by atoms with E-state index in [0.29, 0.717) is 23.8 Å². The highest BCUT2D eigenvalue weighted by Gasteiger charge is 2.65. The molecule has 2 saturated carbocycles. The van der Waals surface area contributed by atoms with Crippen molar-refractivity contribution in [1.82, 2.24) is 14.8 Å². The monoisotopic (exact) mass is 433 g/mol. The summed E-state index contributed by atoms with van der Waals surface area (Å²) >= 11 is 0. The van der Waals surface area contributed by atoms with Crippen molar-refractivity contribution in [2.45, 2.75) is 43.7 Å². The third-order valence-corrected chi connectivity index (χ3v) is 7.52. The molecule has 2 aromatic rings. The van der Waals surface area contributed by atoms with Gasteiger partial charge in [0.05, 0.1) is 23.2 Å². The minimum absolute atomic E-state index is 0.0104. The Hall–Kier alpha value is -2.98. The van der Waals surface area contributed by atoms with E-state index in [9.17, 15) is 14.4 Å². The maximum Gasteiger partial charge on any atom is 0.326 e. The first-order valence-electron chi connectivity index (χ1n) is 11.2. The van der Waals surface area contributed by atoms with Crippen LogP contribution in [-0.2, 0) is 5.54 Å². The lowest BCUT2D eigenvalue weighted by Gasteiger charge is -2.60. The summed E-state index contributed by atoms with van der Waals surface area (Å²) in [5, 5.41) is 9.18. The van der Waals surface area contributed by atoms with Crippen LogP contribution < -0.4 is 4.90 Å². The van der Waals surface area contributed by atoms with Crippen LogP contribution in [0.2, 0.25) is 0 Å². The molecule has 166 valence electrons. The van der Waals surface area contributed by atoms with E-state index in [1.165, 1.54) is 12.3 Å². The van der Waals surface area contributed by atoms with Crippen molar-refractivity contribution in [1.29, 1.82) is 5.26 Å². The van der Waals surface area contributed by atoms with Crippen LogP contribution in [0.3, 0.4) is 0 Å². The minimum atomic E-state index is -0.312. The number of halogens is 1. The zero-order valence-corrected chi connectivity index (χ0v) is 18.8. The second-order valence-electron chi connectivity index (χ2n) is 9.91.